The molecule has 0 unspecified atom stereocenters. The second-order valence-corrected chi connectivity index (χ2v) is 8.53. The fourth-order valence-electron chi connectivity index (χ4n) is 4.22. The molecule has 1 aliphatic rings. The van der Waals surface area contributed by atoms with E-state index in [0.717, 1.165) is 47.4 Å². The van der Waals surface area contributed by atoms with Gasteiger partial charge in [0.25, 0.3) is 5.91 Å². The Morgan fingerprint density at radius 1 is 1.03 bits per heavy atom. The van der Waals surface area contributed by atoms with E-state index in [4.69, 9.17) is 4.98 Å². The quantitative estimate of drug-likeness (QED) is 0.557. The number of carbonyl (C=O) groups is 1. The molecule has 1 fully saturated rings. The van der Waals surface area contributed by atoms with Gasteiger partial charge < -0.3 is 15.1 Å². The van der Waals surface area contributed by atoms with Crippen LogP contribution in [-0.4, -0.2) is 61.0 Å². The Morgan fingerprint density at radius 2 is 1.77 bits per heavy atom. The fourth-order valence-corrected chi connectivity index (χ4v) is 4.22. The second-order valence-electron chi connectivity index (χ2n) is 8.53. The Labute approximate surface area is 185 Å². The Bertz CT molecular complexity index is 1020. The minimum absolute atomic E-state index is 0.00841. The summed E-state index contributed by atoms with van der Waals surface area (Å²) in [5, 5.41) is 4.80. The van der Waals surface area contributed by atoms with Crippen LogP contribution in [-0.2, 0) is 0 Å². The highest BCUT2D eigenvalue weighted by molar-refractivity contribution is 5.95. The van der Waals surface area contributed by atoms with E-state index in [0.29, 0.717) is 5.56 Å². The van der Waals surface area contributed by atoms with Crippen molar-refractivity contribution in [2.75, 3.05) is 45.6 Å². The molecule has 162 valence electrons. The van der Waals surface area contributed by atoms with Gasteiger partial charge in [0.2, 0.25) is 0 Å². The molecule has 1 N–H and O–H groups in total. The van der Waals surface area contributed by atoms with Crippen molar-refractivity contribution in [2.45, 2.75) is 25.7 Å². The van der Waals surface area contributed by atoms with Gasteiger partial charge >= 0.3 is 0 Å². The summed E-state index contributed by atoms with van der Waals surface area (Å²) in [7, 11) is 3.54. The van der Waals surface area contributed by atoms with E-state index in [-0.39, 0.29) is 5.91 Å². The lowest BCUT2D eigenvalue weighted by Crippen LogP contribution is -2.31. The van der Waals surface area contributed by atoms with Crippen molar-refractivity contribution in [1.29, 1.82) is 0 Å². The molecule has 1 aromatic heterocycles. The van der Waals surface area contributed by atoms with Crippen molar-refractivity contribution in [2.24, 2.45) is 0 Å². The number of hydrogen-bond donors (Lipinski definition) is 1. The molecule has 1 aliphatic heterocycles. The van der Waals surface area contributed by atoms with Gasteiger partial charge in [-0.15, -0.1) is 0 Å². The predicted octanol–water partition coefficient (Wildman–Crippen LogP) is 4.89. The molecule has 1 saturated heterocycles. The summed E-state index contributed by atoms with van der Waals surface area (Å²) in [4.78, 5) is 21.2. The lowest BCUT2D eigenvalue weighted by atomic mass is 10.1. The molecule has 2 aromatic carbocycles. The molecule has 4 rings (SSSR count). The normalized spacial score (nSPS) is 14.5. The van der Waals surface area contributed by atoms with E-state index in [2.05, 4.69) is 34.5 Å². The third-order valence-electron chi connectivity index (χ3n) is 5.97. The first-order valence-corrected chi connectivity index (χ1v) is 11.3. The molecule has 31 heavy (non-hydrogen) atoms. The number of fused-ring (bicyclic) bond motifs is 1. The first kappa shape index (κ1) is 21.3. The molecule has 3 aromatic rings. The van der Waals surface area contributed by atoms with Gasteiger partial charge in [-0.3, -0.25) is 4.79 Å². The molecular formula is C26H32N4O. The van der Waals surface area contributed by atoms with Crippen LogP contribution in [0.1, 0.15) is 36.0 Å². The largest absolute Gasteiger partial charge is 0.384 e. The molecule has 0 bridgehead atoms. The van der Waals surface area contributed by atoms with Crippen molar-refractivity contribution < 1.29 is 4.79 Å². The van der Waals surface area contributed by atoms with E-state index in [1.807, 2.05) is 30.3 Å². The van der Waals surface area contributed by atoms with Crippen molar-refractivity contribution in [1.82, 2.24) is 14.8 Å². The topological polar surface area (TPSA) is 48.5 Å². The SMILES string of the molecule is CN(C)C(=O)c1ccc(-c2cc(NCCCN3CCCCC3)c3ccccc3n2)cc1. The zero-order valence-electron chi connectivity index (χ0n) is 18.6. The zero-order chi connectivity index (χ0) is 21.6. The number of likely N-dealkylation sites (tertiary alicyclic amines) is 1. The Kier molecular flexibility index (Phi) is 6.82. The van der Waals surface area contributed by atoms with E-state index >= 15 is 0 Å². The third kappa shape index (κ3) is 5.23. The van der Waals surface area contributed by atoms with Gasteiger partial charge in [-0.05, 0) is 63.2 Å². The zero-order valence-corrected chi connectivity index (χ0v) is 18.6. The molecule has 1 amide bonds. The highest BCUT2D eigenvalue weighted by Gasteiger charge is 2.12. The number of para-hydroxylation sites is 1. The Hall–Kier alpha value is -2.92. The minimum Gasteiger partial charge on any atom is -0.384 e. The molecule has 2 heterocycles. The number of nitrogens with one attached hydrogen (secondary N) is 1. The van der Waals surface area contributed by atoms with Crippen LogP contribution in [0.3, 0.4) is 0 Å². The van der Waals surface area contributed by atoms with Crippen LogP contribution in [0.2, 0.25) is 0 Å². The smallest absolute Gasteiger partial charge is 0.253 e. The number of aromatic nitrogens is 1. The van der Waals surface area contributed by atoms with Crippen LogP contribution < -0.4 is 5.32 Å². The van der Waals surface area contributed by atoms with Gasteiger partial charge in [-0.25, -0.2) is 4.98 Å². The standard InChI is InChI=1S/C26H32N4O/c1-29(2)26(31)21-13-11-20(12-14-21)24-19-25(22-9-4-5-10-23(22)28-24)27-15-8-18-30-16-6-3-7-17-30/h4-5,9-14,19H,3,6-8,15-18H2,1-2H3,(H,27,28). The second kappa shape index (κ2) is 9.92. The van der Waals surface area contributed by atoms with Crippen LogP contribution in [0, 0.1) is 0 Å². The highest BCUT2D eigenvalue weighted by atomic mass is 16.2. The molecule has 5 heteroatoms. The highest BCUT2D eigenvalue weighted by Crippen LogP contribution is 2.28. The lowest BCUT2D eigenvalue weighted by molar-refractivity contribution is 0.0827. The average molecular weight is 417 g/mol. The number of piperidine rings is 1. The molecule has 0 aliphatic carbocycles. The van der Waals surface area contributed by atoms with E-state index in [9.17, 15) is 4.79 Å². The molecular weight excluding hydrogens is 384 g/mol. The number of carbonyl (C=O) groups excluding carboxylic acids is 1. The van der Waals surface area contributed by atoms with Crippen molar-refractivity contribution in [3.05, 3.63) is 60.2 Å². The molecule has 0 radical (unpaired) electrons. The van der Waals surface area contributed by atoms with Crippen molar-refractivity contribution in [3.8, 4) is 11.3 Å². The summed E-state index contributed by atoms with van der Waals surface area (Å²) in [6.45, 7) is 4.59. The minimum atomic E-state index is 0.00841. The maximum Gasteiger partial charge on any atom is 0.253 e. The van der Waals surface area contributed by atoms with Gasteiger partial charge in [0.05, 0.1) is 11.2 Å². The van der Waals surface area contributed by atoms with Gasteiger partial charge in [0.15, 0.2) is 0 Å². The van der Waals surface area contributed by atoms with Crippen molar-refractivity contribution >= 4 is 22.5 Å². The lowest BCUT2D eigenvalue weighted by Gasteiger charge is -2.26. The van der Waals surface area contributed by atoms with Gasteiger partial charge in [-0.2, -0.15) is 0 Å². The van der Waals surface area contributed by atoms with Crippen LogP contribution >= 0.6 is 0 Å². The molecule has 0 spiro atoms. The summed E-state index contributed by atoms with van der Waals surface area (Å²) < 4.78 is 0. The molecule has 0 atom stereocenters. The number of rotatable bonds is 7. The van der Waals surface area contributed by atoms with E-state index in [1.54, 1.807) is 19.0 Å². The molecule has 0 saturated carbocycles. The summed E-state index contributed by atoms with van der Waals surface area (Å²) in [6.07, 6.45) is 5.19. The number of anilines is 1. The van der Waals surface area contributed by atoms with Crippen LogP contribution in [0.4, 0.5) is 5.69 Å². The predicted molar refractivity (Wildman–Crippen MR) is 129 cm³/mol. The van der Waals surface area contributed by atoms with E-state index < -0.39 is 0 Å². The number of nitrogens with zero attached hydrogens (tertiary/aromatic N) is 3. The summed E-state index contributed by atoms with van der Waals surface area (Å²) in [5.41, 5.74) is 4.71. The van der Waals surface area contributed by atoms with Crippen molar-refractivity contribution in [3.63, 3.8) is 0 Å². The summed E-state index contributed by atoms with van der Waals surface area (Å²) >= 11 is 0. The average Bonchev–Trinajstić information content (AvgIpc) is 2.82. The van der Waals surface area contributed by atoms with Crippen LogP contribution in [0.5, 0.6) is 0 Å². The number of hydrogen-bond acceptors (Lipinski definition) is 4. The van der Waals surface area contributed by atoms with E-state index in [1.165, 1.54) is 32.4 Å². The Balaban J connectivity index is 1.51. The van der Waals surface area contributed by atoms with Gasteiger partial charge in [0, 0.05) is 42.8 Å². The fraction of sp³-hybridized carbons (Fsp3) is 0.385. The maximum absolute atomic E-state index is 12.2. The molecule has 5 nitrogen and oxygen atoms in total. The maximum atomic E-state index is 12.2. The van der Waals surface area contributed by atoms with Gasteiger partial charge in [-0.1, -0.05) is 36.8 Å². The number of amides is 1. The third-order valence-corrected chi connectivity index (χ3v) is 5.97. The monoisotopic (exact) mass is 416 g/mol. The van der Waals surface area contributed by atoms with Gasteiger partial charge in [0.1, 0.15) is 0 Å². The number of pyridine rings is 1. The Morgan fingerprint density at radius 3 is 2.52 bits per heavy atom. The number of benzene rings is 2. The first-order chi connectivity index (χ1) is 15.1. The first-order valence-electron chi connectivity index (χ1n) is 11.3. The summed E-state index contributed by atoms with van der Waals surface area (Å²) in [6, 6.07) is 18.1. The summed E-state index contributed by atoms with van der Waals surface area (Å²) in [5.74, 6) is 0.00841. The van der Waals surface area contributed by atoms with Crippen LogP contribution in [0.25, 0.3) is 22.2 Å². The van der Waals surface area contributed by atoms with Crippen LogP contribution in [0.15, 0.2) is 54.6 Å².